The summed E-state index contributed by atoms with van der Waals surface area (Å²) in [7, 11) is 0. The van der Waals surface area contributed by atoms with E-state index in [-0.39, 0.29) is 18.1 Å². The average Bonchev–Trinajstić information content (AvgIpc) is 2.77. The molecule has 0 spiro atoms. The number of amides is 1. The second kappa shape index (κ2) is 8.96. The molecule has 1 aromatic heterocycles. The van der Waals surface area contributed by atoms with E-state index in [1.54, 1.807) is 36.9 Å². The van der Waals surface area contributed by atoms with Gasteiger partial charge in [-0.05, 0) is 50.6 Å². The lowest BCUT2D eigenvalue weighted by Gasteiger charge is -2.37. The van der Waals surface area contributed by atoms with Crippen molar-refractivity contribution in [1.82, 2.24) is 14.9 Å². The maximum atomic E-state index is 12.6. The van der Waals surface area contributed by atoms with Crippen molar-refractivity contribution in [3.8, 4) is 17.1 Å². The molecule has 33 heavy (non-hydrogen) atoms. The van der Waals surface area contributed by atoms with Crippen LogP contribution in [0.4, 0.5) is 5.82 Å². The largest absolute Gasteiger partial charge is 0.507 e. The first kappa shape index (κ1) is 22.9. The lowest BCUT2D eigenvalue weighted by molar-refractivity contribution is -0.143. The normalized spacial score (nSPS) is 15.7. The molecule has 1 atom stereocenters. The second-order valence-electron chi connectivity index (χ2n) is 9.25. The monoisotopic (exact) mass is 450 g/mol. The molecule has 0 radical (unpaired) electrons. The molecule has 0 unspecified atom stereocenters. The van der Waals surface area contributed by atoms with Crippen LogP contribution in [0.3, 0.4) is 0 Å². The number of nitrogens with zero attached hydrogens (tertiary/aromatic N) is 4. The highest BCUT2D eigenvalue weighted by Gasteiger charge is 2.30. The third-order valence-corrected chi connectivity index (χ3v) is 5.85. The van der Waals surface area contributed by atoms with Gasteiger partial charge in [0.1, 0.15) is 17.7 Å². The first-order valence-corrected chi connectivity index (χ1v) is 11.1. The zero-order valence-corrected chi connectivity index (χ0v) is 19.2. The number of carbonyl (C=O) groups is 1. The number of aliphatic hydroxyl groups excluding tert-OH is 1. The van der Waals surface area contributed by atoms with E-state index < -0.39 is 11.7 Å². The molecule has 0 bridgehead atoms. The van der Waals surface area contributed by atoms with E-state index in [4.69, 9.17) is 9.97 Å². The highest BCUT2D eigenvalue weighted by molar-refractivity contribution is 5.92. The van der Waals surface area contributed by atoms with Gasteiger partial charge in [-0.25, -0.2) is 9.97 Å². The zero-order valence-electron chi connectivity index (χ0n) is 19.2. The lowest BCUT2D eigenvalue weighted by Crippen LogP contribution is -2.52. The Morgan fingerprint density at radius 3 is 2.45 bits per heavy atom. The molecule has 174 valence electrons. The number of rotatable bonds is 5. The molecule has 1 fully saturated rings. The standard InChI is InChI=1S/C25H30N4O4/c1-16-8-9-17-19(14-16)26-22(18-6-4-5-7-20(18)30)27-23(17)28-10-12-29(13-11-28)24(32)21(31)15-25(2,3)33/h4-9,14,21,30-31,33H,10-13,15H2,1-3H3/t21-/m1/s1. The Hall–Kier alpha value is -3.23. The van der Waals surface area contributed by atoms with Gasteiger partial charge in [-0.1, -0.05) is 18.2 Å². The Morgan fingerprint density at radius 2 is 1.79 bits per heavy atom. The number of aliphatic hydroxyl groups is 2. The van der Waals surface area contributed by atoms with Crippen LogP contribution in [0.15, 0.2) is 42.5 Å². The average molecular weight is 451 g/mol. The maximum Gasteiger partial charge on any atom is 0.251 e. The molecule has 2 heterocycles. The van der Waals surface area contributed by atoms with Crippen molar-refractivity contribution in [2.75, 3.05) is 31.1 Å². The van der Waals surface area contributed by atoms with Crippen molar-refractivity contribution in [3.05, 3.63) is 48.0 Å². The van der Waals surface area contributed by atoms with Gasteiger partial charge in [0.2, 0.25) is 0 Å². The minimum atomic E-state index is -1.23. The number of fused-ring (bicyclic) bond motifs is 1. The predicted molar refractivity (Wildman–Crippen MR) is 127 cm³/mol. The van der Waals surface area contributed by atoms with Crippen molar-refractivity contribution in [3.63, 3.8) is 0 Å². The van der Waals surface area contributed by atoms with Gasteiger partial charge < -0.3 is 25.1 Å². The number of phenols is 1. The minimum absolute atomic E-state index is 0.00806. The van der Waals surface area contributed by atoms with Crippen molar-refractivity contribution < 1.29 is 20.1 Å². The number of aromatic nitrogens is 2. The lowest BCUT2D eigenvalue weighted by atomic mass is 10.00. The van der Waals surface area contributed by atoms with Gasteiger partial charge in [-0.2, -0.15) is 0 Å². The van der Waals surface area contributed by atoms with Crippen LogP contribution in [0.5, 0.6) is 5.75 Å². The van der Waals surface area contributed by atoms with Gasteiger partial charge in [0.15, 0.2) is 5.82 Å². The number of hydrogen-bond acceptors (Lipinski definition) is 7. The van der Waals surface area contributed by atoms with Crippen LogP contribution in [-0.2, 0) is 4.79 Å². The number of aryl methyl sites for hydroxylation is 1. The predicted octanol–water partition coefficient (Wildman–Crippen LogP) is 2.48. The number of piperazine rings is 1. The highest BCUT2D eigenvalue weighted by atomic mass is 16.3. The van der Waals surface area contributed by atoms with E-state index in [2.05, 4.69) is 4.90 Å². The Balaban J connectivity index is 1.61. The molecule has 1 saturated heterocycles. The number of benzene rings is 2. The fourth-order valence-electron chi connectivity index (χ4n) is 4.16. The summed E-state index contributed by atoms with van der Waals surface area (Å²) in [4.78, 5) is 25.9. The van der Waals surface area contributed by atoms with E-state index in [1.165, 1.54) is 0 Å². The quantitative estimate of drug-likeness (QED) is 0.548. The SMILES string of the molecule is Cc1ccc2c(N3CCN(C(=O)[C@H](O)CC(C)(C)O)CC3)nc(-c3ccccc3O)nc2c1. The number of aromatic hydroxyl groups is 1. The summed E-state index contributed by atoms with van der Waals surface area (Å²) in [6, 6.07) is 13.0. The van der Waals surface area contributed by atoms with Gasteiger partial charge in [0, 0.05) is 38.0 Å². The Morgan fingerprint density at radius 1 is 1.09 bits per heavy atom. The summed E-state index contributed by atoms with van der Waals surface area (Å²) in [5.41, 5.74) is 1.31. The Kier molecular flexibility index (Phi) is 6.23. The number of carbonyl (C=O) groups excluding carboxylic acids is 1. The van der Waals surface area contributed by atoms with Gasteiger partial charge in [-0.15, -0.1) is 0 Å². The minimum Gasteiger partial charge on any atom is -0.507 e. The van der Waals surface area contributed by atoms with E-state index in [9.17, 15) is 20.1 Å². The molecule has 1 aliphatic rings. The van der Waals surface area contributed by atoms with Gasteiger partial charge in [0.25, 0.3) is 5.91 Å². The van der Waals surface area contributed by atoms with Gasteiger partial charge in [0.05, 0.1) is 16.7 Å². The van der Waals surface area contributed by atoms with Crippen molar-refractivity contribution in [1.29, 1.82) is 0 Å². The number of para-hydroxylation sites is 1. The summed E-state index contributed by atoms with van der Waals surface area (Å²) in [6.45, 7) is 7.11. The highest BCUT2D eigenvalue weighted by Crippen LogP contribution is 2.32. The van der Waals surface area contributed by atoms with Crippen molar-refractivity contribution >= 4 is 22.6 Å². The van der Waals surface area contributed by atoms with E-state index in [0.717, 1.165) is 22.3 Å². The van der Waals surface area contributed by atoms with E-state index in [1.807, 2.05) is 31.2 Å². The Bertz CT molecular complexity index is 1170. The first-order valence-electron chi connectivity index (χ1n) is 11.1. The van der Waals surface area contributed by atoms with E-state index >= 15 is 0 Å². The molecule has 8 nitrogen and oxygen atoms in total. The molecule has 3 N–H and O–H groups in total. The fraction of sp³-hybridized carbons (Fsp3) is 0.400. The van der Waals surface area contributed by atoms with Crippen LogP contribution in [0, 0.1) is 6.92 Å². The van der Waals surface area contributed by atoms with E-state index in [0.29, 0.717) is 37.6 Å². The summed E-state index contributed by atoms with van der Waals surface area (Å²) >= 11 is 0. The molecule has 1 aliphatic heterocycles. The summed E-state index contributed by atoms with van der Waals surface area (Å²) in [5, 5.41) is 31.4. The first-order chi connectivity index (χ1) is 15.6. The van der Waals surface area contributed by atoms with Crippen molar-refractivity contribution in [2.45, 2.75) is 38.9 Å². The maximum absolute atomic E-state index is 12.6. The topological polar surface area (TPSA) is 110 Å². The van der Waals surface area contributed by atoms with Crippen LogP contribution in [-0.4, -0.2) is 74.0 Å². The van der Waals surface area contributed by atoms with Gasteiger partial charge in [-0.3, -0.25) is 4.79 Å². The number of hydrogen-bond donors (Lipinski definition) is 3. The zero-order chi connectivity index (χ0) is 23.8. The van der Waals surface area contributed by atoms with Crippen molar-refractivity contribution in [2.24, 2.45) is 0 Å². The van der Waals surface area contributed by atoms with Gasteiger partial charge >= 0.3 is 0 Å². The molecule has 4 rings (SSSR count). The molecular formula is C25H30N4O4. The van der Waals surface area contributed by atoms with Crippen LogP contribution in [0.2, 0.25) is 0 Å². The molecule has 2 aromatic carbocycles. The third kappa shape index (κ3) is 5.07. The number of phenolic OH excluding ortho intramolecular Hbond substituents is 1. The molecule has 0 saturated carbocycles. The molecule has 3 aromatic rings. The van der Waals surface area contributed by atoms with Crippen LogP contribution < -0.4 is 4.90 Å². The smallest absolute Gasteiger partial charge is 0.251 e. The van der Waals surface area contributed by atoms with Crippen LogP contribution in [0.25, 0.3) is 22.3 Å². The van der Waals surface area contributed by atoms with Crippen LogP contribution >= 0.6 is 0 Å². The van der Waals surface area contributed by atoms with Crippen LogP contribution in [0.1, 0.15) is 25.8 Å². The summed E-state index contributed by atoms with van der Waals surface area (Å²) in [5.74, 6) is 0.948. The molecule has 1 amide bonds. The fourth-order valence-corrected chi connectivity index (χ4v) is 4.16. The summed E-state index contributed by atoms with van der Waals surface area (Å²) < 4.78 is 0. The molecule has 8 heteroatoms. The molecule has 0 aliphatic carbocycles. The second-order valence-corrected chi connectivity index (χ2v) is 9.25. The molecular weight excluding hydrogens is 420 g/mol. The third-order valence-electron chi connectivity index (χ3n) is 5.85. The number of anilines is 1. The Labute approximate surface area is 193 Å². The summed E-state index contributed by atoms with van der Waals surface area (Å²) in [6.07, 6.45) is -1.24.